The van der Waals surface area contributed by atoms with Gasteiger partial charge in [-0.2, -0.15) is 0 Å². The molecule has 24 heavy (non-hydrogen) atoms. The van der Waals surface area contributed by atoms with Crippen LogP contribution in [0.4, 0.5) is 0 Å². The van der Waals surface area contributed by atoms with Gasteiger partial charge in [-0.1, -0.05) is 50.1 Å². The molecule has 0 saturated heterocycles. The van der Waals surface area contributed by atoms with Crippen molar-refractivity contribution >= 4 is 11.9 Å². The van der Waals surface area contributed by atoms with Gasteiger partial charge in [0.1, 0.15) is 6.10 Å². The van der Waals surface area contributed by atoms with E-state index in [1.807, 2.05) is 12.2 Å². The lowest BCUT2D eigenvalue weighted by Crippen LogP contribution is -2.13. The zero-order valence-corrected chi connectivity index (χ0v) is 15.1. The molecule has 0 rings (SSSR count). The van der Waals surface area contributed by atoms with Crippen molar-refractivity contribution in [3.05, 3.63) is 36.5 Å². The molecule has 4 nitrogen and oxygen atoms in total. The van der Waals surface area contributed by atoms with Crippen LogP contribution in [-0.4, -0.2) is 23.1 Å². The third kappa shape index (κ3) is 16.5. The third-order valence-corrected chi connectivity index (χ3v) is 3.41. The summed E-state index contributed by atoms with van der Waals surface area (Å²) in [5.74, 6) is -1.01. The molecule has 1 unspecified atom stereocenters. The minimum Gasteiger partial charge on any atom is -0.481 e. The number of hydrogen-bond donors (Lipinski definition) is 1. The van der Waals surface area contributed by atoms with Crippen LogP contribution in [0.5, 0.6) is 0 Å². The van der Waals surface area contributed by atoms with Gasteiger partial charge in [-0.05, 0) is 44.6 Å². The van der Waals surface area contributed by atoms with Gasteiger partial charge in [0.2, 0.25) is 0 Å². The Balaban J connectivity index is 3.99. The average molecular weight is 336 g/mol. The zero-order valence-electron chi connectivity index (χ0n) is 15.1. The summed E-state index contributed by atoms with van der Waals surface area (Å²) in [6.45, 7) is 3.54. The van der Waals surface area contributed by atoms with Gasteiger partial charge in [0.25, 0.3) is 0 Å². The standard InChI is InChI=1S/C20H32O4/c1-3-4-5-6-7-8-9-12-15-19(24-18(2)21)16-13-10-11-14-17-20(22)23/h4-5,7-8,12,15,19H,3,6,9-11,13-14,16-17H2,1-2H3,(H,22,23)/b5-4-,8-7-,15-12-. The van der Waals surface area contributed by atoms with E-state index in [0.717, 1.165) is 44.9 Å². The quantitative estimate of drug-likeness (QED) is 0.269. The summed E-state index contributed by atoms with van der Waals surface area (Å²) >= 11 is 0. The van der Waals surface area contributed by atoms with E-state index in [-0.39, 0.29) is 18.5 Å². The Morgan fingerprint density at radius 3 is 2.21 bits per heavy atom. The van der Waals surface area contributed by atoms with Crippen molar-refractivity contribution in [1.82, 2.24) is 0 Å². The number of allylic oxidation sites excluding steroid dienone is 5. The van der Waals surface area contributed by atoms with Crippen molar-refractivity contribution in [3.8, 4) is 0 Å². The van der Waals surface area contributed by atoms with Crippen LogP contribution in [0.25, 0.3) is 0 Å². The molecule has 0 aliphatic carbocycles. The largest absolute Gasteiger partial charge is 0.481 e. The van der Waals surface area contributed by atoms with Gasteiger partial charge in [-0.25, -0.2) is 0 Å². The van der Waals surface area contributed by atoms with Crippen LogP contribution in [0, 0.1) is 0 Å². The highest BCUT2D eigenvalue weighted by atomic mass is 16.5. The van der Waals surface area contributed by atoms with E-state index >= 15 is 0 Å². The van der Waals surface area contributed by atoms with E-state index in [0.29, 0.717) is 6.42 Å². The van der Waals surface area contributed by atoms with Crippen LogP contribution in [-0.2, 0) is 14.3 Å². The first-order chi connectivity index (χ1) is 11.6. The second-order valence-corrected chi connectivity index (χ2v) is 5.75. The summed E-state index contributed by atoms with van der Waals surface area (Å²) in [5.41, 5.74) is 0. The van der Waals surface area contributed by atoms with Gasteiger partial charge in [-0.15, -0.1) is 0 Å². The van der Waals surface area contributed by atoms with Crippen LogP contribution in [0.3, 0.4) is 0 Å². The number of unbranched alkanes of at least 4 members (excludes halogenated alkanes) is 3. The number of carboxylic acid groups (broad SMARTS) is 1. The fourth-order valence-electron chi connectivity index (χ4n) is 2.23. The highest BCUT2D eigenvalue weighted by Gasteiger charge is 2.07. The molecule has 0 aromatic carbocycles. The Kier molecular flexibility index (Phi) is 14.8. The molecule has 0 aliphatic rings. The van der Waals surface area contributed by atoms with Crippen LogP contribution in [0.2, 0.25) is 0 Å². The van der Waals surface area contributed by atoms with Gasteiger partial charge in [0.05, 0.1) is 0 Å². The molecular formula is C20H32O4. The number of carboxylic acids is 1. The maximum absolute atomic E-state index is 11.2. The summed E-state index contributed by atoms with van der Waals surface area (Å²) < 4.78 is 5.30. The highest BCUT2D eigenvalue weighted by Crippen LogP contribution is 2.11. The number of rotatable bonds is 14. The minimum absolute atomic E-state index is 0.185. The van der Waals surface area contributed by atoms with Crippen molar-refractivity contribution in [2.24, 2.45) is 0 Å². The molecule has 0 aromatic rings. The van der Waals surface area contributed by atoms with Crippen molar-refractivity contribution in [2.75, 3.05) is 0 Å². The lowest BCUT2D eigenvalue weighted by Gasteiger charge is -2.12. The molecule has 0 spiro atoms. The normalized spacial score (nSPS) is 13.1. The summed E-state index contributed by atoms with van der Waals surface area (Å²) in [6.07, 6.45) is 19.7. The van der Waals surface area contributed by atoms with Crippen LogP contribution in [0.1, 0.15) is 71.6 Å². The van der Waals surface area contributed by atoms with Gasteiger partial charge in [0, 0.05) is 13.3 Å². The molecular weight excluding hydrogens is 304 g/mol. The summed E-state index contributed by atoms with van der Waals surface area (Å²) in [7, 11) is 0. The molecule has 0 heterocycles. The Bertz CT molecular complexity index is 421. The second kappa shape index (κ2) is 16.0. The minimum atomic E-state index is -0.742. The molecule has 136 valence electrons. The third-order valence-electron chi connectivity index (χ3n) is 3.41. The number of esters is 1. The molecule has 0 radical (unpaired) electrons. The maximum Gasteiger partial charge on any atom is 0.303 e. The Morgan fingerprint density at radius 2 is 1.58 bits per heavy atom. The summed E-state index contributed by atoms with van der Waals surface area (Å²) in [5, 5.41) is 8.58. The number of carbonyl (C=O) groups excluding carboxylic acids is 1. The molecule has 4 heteroatoms. The molecule has 1 atom stereocenters. The van der Waals surface area contributed by atoms with E-state index in [4.69, 9.17) is 9.84 Å². The first-order valence-corrected chi connectivity index (χ1v) is 8.92. The van der Waals surface area contributed by atoms with E-state index in [1.165, 1.54) is 6.92 Å². The Hall–Kier alpha value is -1.84. The first-order valence-electron chi connectivity index (χ1n) is 8.92. The lowest BCUT2D eigenvalue weighted by molar-refractivity contribution is -0.144. The second-order valence-electron chi connectivity index (χ2n) is 5.75. The van der Waals surface area contributed by atoms with E-state index in [2.05, 4.69) is 31.2 Å². The van der Waals surface area contributed by atoms with Crippen molar-refractivity contribution in [1.29, 1.82) is 0 Å². The Labute approximate surface area is 146 Å². The highest BCUT2D eigenvalue weighted by molar-refractivity contribution is 5.66. The smallest absolute Gasteiger partial charge is 0.303 e. The molecule has 0 fully saturated rings. The van der Waals surface area contributed by atoms with Crippen LogP contribution in [0.15, 0.2) is 36.5 Å². The van der Waals surface area contributed by atoms with E-state index in [9.17, 15) is 9.59 Å². The lowest BCUT2D eigenvalue weighted by atomic mass is 10.1. The van der Waals surface area contributed by atoms with Crippen LogP contribution < -0.4 is 0 Å². The van der Waals surface area contributed by atoms with Crippen molar-refractivity contribution in [3.63, 3.8) is 0 Å². The molecule has 0 amide bonds. The SMILES string of the molecule is CC/C=C\C/C=C\C/C=C\C(CCCCCCC(=O)O)OC(C)=O. The van der Waals surface area contributed by atoms with Gasteiger partial charge < -0.3 is 9.84 Å². The molecule has 1 N–H and O–H groups in total. The first kappa shape index (κ1) is 22.2. The zero-order chi connectivity index (χ0) is 18.0. The van der Waals surface area contributed by atoms with Gasteiger partial charge >= 0.3 is 11.9 Å². The number of ether oxygens (including phenoxy) is 1. The monoisotopic (exact) mass is 336 g/mol. The van der Waals surface area contributed by atoms with E-state index in [1.54, 1.807) is 0 Å². The summed E-state index contributed by atoms with van der Waals surface area (Å²) in [6, 6.07) is 0. The predicted molar refractivity (Wildman–Crippen MR) is 97.8 cm³/mol. The number of aliphatic carboxylic acids is 1. The topological polar surface area (TPSA) is 63.6 Å². The average Bonchev–Trinajstić information content (AvgIpc) is 2.52. The molecule has 0 bridgehead atoms. The number of hydrogen-bond acceptors (Lipinski definition) is 3. The van der Waals surface area contributed by atoms with Crippen LogP contribution >= 0.6 is 0 Å². The molecule has 0 aliphatic heterocycles. The van der Waals surface area contributed by atoms with Gasteiger partial charge in [-0.3, -0.25) is 9.59 Å². The summed E-state index contributed by atoms with van der Waals surface area (Å²) in [4.78, 5) is 21.6. The predicted octanol–water partition coefficient (Wildman–Crippen LogP) is 5.20. The van der Waals surface area contributed by atoms with E-state index < -0.39 is 5.97 Å². The van der Waals surface area contributed by atoms with Crippen molar-refractivity contribution in [2.45, 2.75) is 77.7 Å². The fraction of sp³-hybridized carbons (Fsp3) is 0.600. The Morgan fingerprint density at radius 1 is 0.958 bits per heavy atom. The maximum atomic E-state index is 11.2. The fourth-order valence-corrected chi connectivity index (χ4v) is 2.23. The number of carbonyl (C=O) groups is 2. The molecule has 0 saturated carbocycles. The molecule has 0 aromatic heterocycles. The van der Waals surface area contributed by atoms with Crippen molar-refractivity contribution < 1.29 is 19.4 Å². The van der Waals surface area contributed by atoms with Gasteiger partial charge in [0.15, 0.2) is 0 Å².